The van der Waals surface area contributed by atoms with Crippen molar-refractivity contribution in [3.8, 4) is 11.1 Å². The second-order valence-corrected chi connectivity index (χ2v) is 10.8. The summed E-state index contributed by atoms with van der Waals surface area (Å²) in [7, 11) is 1.48. The van der Waals surface area contributed by atoms with Crippen molar-refractivity contribution in [2.45, 2.75) is 59.5 Å². The smallest absolute Gasteiger partial charge is 0.305 e. The molecule has 0 radical (unpaired) electrons. The number of nitrogens with zero attached hydrogens (tertiary/aromatic N) is 1. The van der Waals surface area contributed by atoms with Gasteiger partial charge in [0.15, 0.2) is 11.6 Å². The fraction of sp³-hybridized carbons (Fsp3) is 0.355. The number of carbonyl (C=O) groups is 3. The molecule has 10 heteroatoms. The average molecular weight is 568 g/mol. The van der Waals surface area contributed by atoms with Gasteiger partial charge in [0.05, 0.1) is 12.5 Å². The number of hydrogen-bond acceptors (Lipinski definition) is 4. The third-order valence-electron chi connectivity index (χ3n) is 6.79. The highest BCUT2D eigenvalue weighted by atomic mass is 19.2. The molecule has 2 amide bonds. The fourth-order valence-corrected chi connectivity index (χ4v) is 5.04. The third kappa shape index (κ3) is 7.45. The topological polar surface area (TPSA) is 118 Å². The second kappa shape index (κ2) is 12.9. The SMILES string of the molecule is Cc1cc(C)c(-c2cc(F)c(F)c([C@H](CC(=O)O)NC(=O)[C@H](CC(C)C)NC(=O)c3cccn(C)c3=O)c2)c(C)c1. The van der Waals surface area contributed by atoms with Gasteiger partial charge < -0.3 is 20.3 Å². The Morgan fingerprint density at radius 2 is 1.63 bits per heavy atom. The molecule has 0 saturated carbocycles. The Kier molecular flexibility index (Phi) is 9.80. The number of hydrogen-bond donors (Lipinski definition) is 3. The molecule has 41 heavy (non-hydrogen) atoms. The Balaban J connectivity index is 2.01. The number of carbonyl (C=O) groups excluding carboxylic acids is 2. The largest absolute Gasteiger partial charge is 0.481 e. The summed E-state index contributed by atoms with van der Waals surface area (Å²) < 4.78 is 31.4. The Bertz CT molecular complexity index is 1520. The molecule has 1 heterocycles. The van der Waals surface area contributed by atoms with Crippen LogP contribution < -0.4 is 16.2 Å². The molecule has 218 valence electrons. The second-order valence-electron chi connectivity index (χ2n) is 10.8. The first-order valence-electron chi connectivity index (χ1n) is 13.2. The molecule has 0 saturated heterocycles. The number of amides is 2. The van der Waals surface area contributed by atoms with Gasteiger partial charge in [-0.1, -0.05) is 31.5 Å². The van der Waals surface area contributed by atoms with E-state index in [0.29, 0.717) is 11.1 Å². The van der Waals surface area contributed by atoms with Crippen molar-refractivity contribution in [1.82, 2.24) is 15.2 Å². The van der Waals surface area contributed by atoms with Crippen LogP contribution >= 0.6 is 0 Å². The predicted molar refractivity (Wildman–Crippen MR) is 152 cm³/mol. The summed E-state index contributed by atoms with van der Waals surface area (Å²) in [6.07, 6.45) is 0.886. The lowest BCUT2D eigenvalue weighted by molar-refractivity contribution is -0.137. The first-order valence-corrected chi connectivity index (χ1v) is 13.2. The fourth-order valence-electron chi connectivity index (χ4n) is 5.04. The van der Waals surface area contributed by atoms with Crippen molar-refractivity contribution in [1.29, 1.82) is 0 Å². The highest BCUT2D eigenvalue weighted by molar-refractivity contribution is 5.97. The highest BCUT2D eigenvalue weighted by Gasteiger charge is 2.30. The molecule has 0 aliphatic carbocycles. The lowest BCUT2D eigenvalue weighted by Gasteiger charge is -2.25. The number of aliphatic carboxylic acids is 1. The average Bonchev–Trinajstić information content (AvgIpc) is 2.85. The van der Waals surface area contributed by atoms with E-state index in [1.807, 2.05) is 46.8 Å². The molecule has 0 fully saturated rings. The number of rotatable bonds is 10. The van der Waals surface area contributed by atoms with E-state index in [2.05, 4.69) is 10.6 Å². The maximum atomic E-state index is 15.2. The number of nitrogens with one attached hydrogen (secondary N) is 2. The summed E-state index contributed by atoms with van der Waals surface area (Å²) in [6, 6.07) is 6.41. The number of benzene rings is 2. The number of aromatic nitrogens is 1. The van der Waals surface area contributed by atoms with Crippen molar-refractivity contribution < 1.29 is 28.3 Å². The van der Waals surface area contributed by atoms with E-state index in [1.165, 1.54) is 36.0 Å². The van der Waals surface area contributed by atoms with Crippen LogP contribution in [0.5, 0.6) is 0 Å². The summed E-state index contributed by atoms with van der Waals surface area (Å²) >= 11 is 0. The number of carboxylic acid groups (broad SMARTS) is 1. The lowest BCUT2D eigenvalue weighted by atomic mass is 9.90. The maximum Gasteiger partial charge on any atom is 0.305 e. The highest BCUT2D eigenvalue weighted by Crippen LogP contribution is 2.33. The standard InChI is InChI=1S/C31H35F2N3O5/c1-16(2)10-25(35-29(39)21-8-7-9-36(6)31(21)41)30(40)34-24(15-26(37)38)22-13-20(14-23(32)28(22)33)27-18(4)11-17(3)12-19(27)5/h7-9,11-14,16,24-25H,10,15H2,1-6H3,(H,34,40)(H,35,39)(H,37,38)/t24-,25-/m0/s1. The molecule has 0 aliphatic heterocycles. The monoisotopic (exact) mass is 567 g/mol. The Morgan fingerprint density at radius 1 is 1.00 bits per heavy atom. The molecule has 0 aliphatic rings. The molecule has 2 atom stereocenters. The molecule has 0 spiro atoms. The van der Waals surface area contributed by atoms with Gasteiger partial charge in [-0.25, -0.2) is 8.78 Å². The van der Waals surface area contributed by atoms with Gasteiger partial charge in [0.2, 0.25) is 5.91 Å². The zero-order chi connectivity index (χ0) is 30.6. The maximum absolute atomic E-state index is 15.2. The normalized spacial score (nSPS) is 12.6. The minimum Gasteiger partial charge on any atom is -0.481 e. The summed E-state index contributed by atoms with van der Waals surface area (Å²) in [5.41, 5.74) is 2.58. The molecule has 3 rings (SSSR count). The molecular weight excluding hydrogens is 532 g/mol. The van der Waals surface area contributed by atoms with E-state index in [9.17, 15) is 28.7 Å². The zero-order valence-electron chi connectivity index (χ0n) is 24.0. The van der Waals surface area contributed by atoms with Gasteiger partial charge >= 0.3 is 5.97 Å². The zero-order valence-corrected chi connectivity index (χ0v) is 24.0. The minimum atomic E-state index is -1.45. The predicted octanol–water partition coefficient (Wildman–Crippen LogP) is 4.73. The molecule has 2 aromatic carbocycles. The van der Waals surface area contributed by atoms with Crippen LogP contribution in [0.15, 0.2) is 47.4 Å². The van der Waals surface area contributed by atoms with Crippen molar-refractivity contribution in [2.24, 2.45) is 13.0 Å². The van der Waals surface area contributed by atoms with E-state index >= 15 is 4.39 Å². The first-order chi connectivity index (χ1) is 19.2. The van der Waals surface area contributed by atoms with Crippen molar-refractivity contribution in [2.75, 3.05) is 0 Å². The molecule has 3 aromatic rings. The van der Waals surface area contributed by atoms with Gasteiger partial charge in [0, 0.05) is 18.8 Å². The van der Waals surface area contributed by atoms with Crippen LogP contribution in [0, 0.1) is 38.3 Å². The molecule has 0 bridgehead atoms. The molecule has 8 nitrogen and oxygen atoms in total. The number of halogens is 2. The van der Waals surface area contributed by atoms with Gasteiger partial charge in [-0.2, -0.15) is 0 Å². The van der Waals surface area contributed by atoms with E-state index in [4.69, 9.17) is 0 Å². The van der Waals surface area contributed by atoms with Gasteiger partial charge in [-0.3, -0.25) is 19.2 Å². The number of carboxylic acids is 1. The van der Waals surface area contributed by atoms with Crippen LogP contribution in [-0.4, -0.2) is 33.5 Å². The lowest BCUT2D eigenvalue weighted by Crippen LogP contribution is -2.49. The van der Waals surface area contributed by atoms with Crippen LogP contribution in [0.4, 0.5) is 8.78 Å². The molecule has 0 unspecified atom stereocenters. The van der Waals surface area contributed by atoms with Crippen LogP contribution in [0.3, 0.4) is 0 Å². The van der Waals surface area contributed by atoms with E-state index in [1.54, 1.807) is 0 Å². The van der Waals surface area contributed by atoms with Crippen molar-refractivity contribution in [3.63, 3.8) is 0 Å². The molecule has 1 aromatic heterocycles. The quantitative estimate of drug-likeness (QED) is 0.327. The Morgan fingerprint density at radius 3 is 2.22 bits per heavy atom. The third-order valence-corrected chi connectivity index (χ3v) is 6.79. The molecule has 3 N–H and O–H groups in total. The van der Waals surface area contributed by atoms with E-state index < -0.39 is 53.5 Å². The van der Waals surface area contributed by atoms with Crippen LogP contribution in [0.2, 0.25) is 0 Å². The van der Waals surface area contributed by atoms with Crippen LogP contribution in [0.1, 0.15) is 65.3 Å². The van der Waals surface area contributed by atoms with Gasteiger partial charge in [0.25, 0.3) is 11.5 Å². The number of pyridine rings is 1. The number of aryl methyl sites for hydroxylation is 4. The van der Waals surface area contributed by atoms with Crippen molar-refractivity contribution >= 4 is 17.8 Å². The Labute approximate surface area is 237 Å². The van der Waals surface area contributed by atoms with Crippen LogP contribution in [-0.2, 0) is 16.6 Å². The first kappa shape index (κ1) is 31.2. The molecular formula is C31H35F2N3O5. The van der Waals surface area contributed by atoms with Gasteiger partial charge in [-0.05, 0) is 79.6 Å². The Hall–Kier alpha value is -4.34. The van der Waals surface area contributed by atoms with Crippen LogP contribution in [0.25, 0.3) is 11.1 Å². The summed E-state index contributed by atoms with van der Waals surface area (Å²) in [4.78, 5) is 50.5. The van der Waals surface area contributed by atoms with E-state index in [-0.39, 0.29) is 23.5 Å². The van der Waals surface area contributed by atoms with Gasteiger partial charge in [0.1, 0.15) is 11.6 Å². The van der Waals surface area contributed by atoms with Crippen molar-refractivity contribution in [3.05, 3.63) is 92.4 Å². The summed E-state index contributed by atoms with van der Waals surface area (Å²) in [5.74, 6) is -5.48. The van der Waals surface area contributed by atoms with Gasteiger partial charge in [-0.15, -0.1) is 0 Å². The minimum absolute atomic E-state index is 0.0902. The summed E-state index contributed by atoms with van der Waals surface area (Å²) in [5, 5.41) is 14.6. The summed E-state index contributed by atoms with van der Waals surface area (Å²) in [6.45, 7) is 9.22. The van der Waals surface area contributed by atoms with E-state index in [0.717, 1.165) is 22.8 Å².